The van der Waals surface area contributed by atoms with Crippen molar-refractivity contribution in [2.75, 3.05) is 13.1 Å². The summed E-state index contributed by atoms with van der Waals surface area (Å²) in [5.41, 5.74) is 0. The van der Waals surface area contributed by atoms with Gasteiger partial charge in [0.15, 0.2) is 0 Å². The first-order valence-electron chi connectivity index (χ1n) is 4.91. The number of hydrogen-bond donors (Lipinski definition) is 0. The molecule has 70 valence electrons. The van der Waals surface area contributed by atoms with Gasteiger partial charge in [0, 0.05) is 19.0 Å². The van der Waals surface area contributed by atoms with Crippen LogP contribution in [0.1, 0.15) is 33.6 Å². The van der Waals surface area contributed by atoms with E-state index in [1.54, 1.807) is 0 Å². The second-order valence-electron chi connectivity index (χ2n) is 3.89. The number of likely N-dealkylation sites (tertiary alicyclic amines) is 1. The van der Waals surface area contributed by atoms with Gasteiger partial charge >= 0.3 is 0 Å². The Labute approximate surface area is 74.9 Å². The molecule has 0 radical (unpaired) electrons. The van der Waals surface area contributed by atoms with Crippen LogP contribution in [0.2, 0.25) is 0 Å². The molecule has 2 unspecified atom stereocenters. The zero-order valence-corrected chi connectivity index (χ0v) is 8.34. The summed E-state index contributed by atoms with van der Waals surface area (Å²) in [5.74, 6) is 1.11. The van der Waals surface area contributed by atoms with Crippen molar-refractivity contribution < 1.29 is 4.79 Å². The number of Topliss-reactive ketones (excluding diaryl/α,β-unsaturated/α-hetero) is 1. The normalized spacial score (nSPS) is 24.4. The lowest BCUT2D eigenvalue weighted by molar-refractivity contribution is -0.117. The molecule has 0 spiro atoms. The fourth-order valence-corrected chi connectivity index (χ4v) is 1.70. The van der Waals surface area contributed by atoms with Crippen LogP contribution < -0.4 is 0 Å². The van der Waals surface area contributed by atoms with Crippen LogP contribution in [0.15, 0.2) is 0 Å². The fraction of sp³-hybridized carbons (Fsp3) is 0.900. The summed E-state index contributed by atoms with van der Waals surface area (Å²) in [5, 5.41) is 0. The number of carbonyl (C=O) groups is 1. The minimum atomic E-state index is 0.408. The average Bonchev–Trinajstić information content (AvgIpc) is 2.49. The highest BCUT2D eigenvalue weighted by Crippen LogP contribution is 2.17. The number of carbonyl (C=O) groups excluding carboxylic acids is 1. The second-order valence-corrected chi connectivity index (χ2v) is 3.89. The van der Waals surface area contributed by atoms with Crippen molar-refractivity contribution in [3.8, 4) is 0 Å². The molecule has 1 aliphatic heterocycles. The molecule has 0 aromatic carbocycles. The van der Waals surface area contributed by atoms with E-state index in [9.17, 15) is 4.79 Å². The highest BCUT2D eigenvalue weighted by molar-refractivity contribution is 5.82. The van der Waals surface area contributed by atoms with Crippen molar-refractivity contribution >= 4 is 5.78 Å². The molecule has 2 atom stereocenters. The van der Waals surface area contributed by atoms with E-state index in [-0.39, 0.29) is 0 Å². The molecule has 0 amide bonds. The van der Waals surface area contributed by atoms with Crippen molar-refractivity contribution in [1.82, 2.24) is 4.90 Å². The van der Waals surface area contributed by atoms with E-state index in [4.69, 9.17) is 0 Å². The van der Waals surface area contributed by atoms with Gasteiger partial charge in [-0.2, -0.15) is 0 Å². The number of nitrogens with zero attached hydrogens (tertiary/aromatic N) is 1. The molecule has 0 aliphatic carbocycles. The van der Waals surface area contributed by atoms with Crippen molar-refractivity contribution in [1.29, 1.82) is 0 Å². The molecule has 0 aromatic heterocycles. The maximum Gasteiger partial charge on any atom is 0.148 e. The minimum absolute atomic E-state index is 0.408. The quantitative estimate of drug-likeness (QED) is 0.641. The molecule has 0 saturated carbocycles. The predicted octanol–water partition coefficient (Wildman–Crippen LogP) is 1.70. The smallest absolute Gasteiger partial charge is 0.148 e. The summed E-state index contributed by atoms with van der Waals surface area (Å²) in [6.45, 7) is 8.36. The van der Waals surface area contributed by atoms with Crippen LogP contribution in [0.25, 0.3) is 0 Å². The first kappa shape index (κ1) is 9.72. The van der Waals surface area contributed by atoms with Gasteiger partial charge in [-0.3, -0.25) is 9.69 Å². The SMILES string of the molecule is CCC(C)C(C)N1CCC(=O)C1. The van der Waals surface area contributed by atoms with Crippen molar-refractivity contribution in [2.45, 2.75) is 39.7 Å². The lowest BCUT2D eigenvalue weighted by atomic mass is 10.00. The highest BCUT2D eigenvalue weighted by atomic mass is 16.1. The van der Waals surface area contributed by atoms with Gasteiger partial charge in [-0.25, -0.2) is 0 Å². The Morgan fingerprint density at radius 1 is 1.50 bits per heavy atom. The van der Waals surface area contributed by atoms with Gasteiger partial charge in [0.1, 0.15) is 5.78 Å². The van der Waals surface area contributed by atoms with E-state index in [2.05, 4.69) is 25.7 Å². The van der Waals surface area contributed by atoms with Gasteiger partial charge in [0.05, 0.1) is 6.54 Å². The summed E-state index contributed by atoms with van der Waals surface area (Å²) in [6.07, 6.45) is 1.96. The molecule has 0 aromatic rings. The Bertz CT molecular complexity index is 167. The van der Waals surface area contributed by atoms with E-state index in [0.29, 0.717) is 24.3 Å². The Morgan fingerprint density at radius 2 is 2.17 bits per heavy atom. The van der Waals surface area contributed by atoms with Crippen molar-refractivity contribution in [3.63, 3.8) is 0 Å². The monoisotopic (exact) mass is 169 g/mol. The highest BCUT2D eigenvalue weighted by Gasteiger charge is 2.25. The van der Waals surface area contributed by atoms with E-state index in [0.717, 1.165) is 13.0 Å². The van der Waals surface area contributed by atoms with Crippen LogP contribution in [-0.2, 0) is 4.79 Å². The molecule has 1 aliphatic rings. The van der Waals surface area contributed by atoms with Gasteiger partial charge < -0.3 is 0 Å². The topological polar surface area (TPSA) is 20.3 Å². The Morgan fingerprint density at radius 3 is 2.58 bits per heavy atom. The fourth-order valence-electron chi connectivity index (χ4n) is 1.70. The Kier molecular flexibility index (Phi) is 3.27. The number of ketones is 1. The predicted molar refractivity (Wildman–Crippen MR) is 50.1 cm³/mol. The van der Waals surface area contributed by atoms with Gasteiger partial charge in [-0.15, -0.1) is 0 Å². The molecular weight excluding hydrogens is 150 g/mol. The third-order valence-electron chi connectivity index (χ3n) is 3.10. The van der Waals surface area contributed by atoms with Gasteiger partial charge in [0.25, 0.3) is 0 Å². The summed E-state index contributed by atoms with van der Waals surface area (Å²) in [4.78, 5) is 13.3. The van der Waals surface area contributed by atoms with E-state index >= 15 is 0 Å². The van der Waals surface area contributed by atoms with Crippen LogP contribution in [0.4, 0.5) is 0 Å². The Hall–Kier alpha value is -0.370. The van der Waals surface area contributed by atoms with Crippen molar-refractivity contribution in [3.05, 3.63) is 0 Å². The molecular formula is C10H19NO. The average molecular weight is 169 g/mol. The summed E-state index contributed by atoms with van der Waals surface area (Å²) in [6, 6.07) is 0.571. The molecule has 1 fully saturated rings. The molecule has 1 rings (SSSR count). The first-order chi connectivity index (χ1) is 5.65. The lowest BCUT2D eigenvalue weighted by Gasteiger charge is -2.27. The van der Waals surface area contributed by atoms with Crippen LogP contribution in [-0.4, -0.2) is 29.8 Å². The standard InChI is InChI=1S/C10H19NO/c1-4-8(2)9(3)11-6-5-10(12)7-11/h8-9H,4-7H2,1-3H3. The summed E-state index contributed by atoms with van der Waals surface area (Å²) < 4.78 is 0. The molecule has 1 heterocycles. The van der Waals surface area contributed by atoms with E-state index in [1.165, 1.54) is 6.42 Å². The Balaban J connectivity index is 2.42. The third kappa shape index (κ3) is 2.07. The van der Waals surface area contributed by atoms with Gasteiger partial charge in [-0.1, -0.05) is 20.3 Å². The lowest BCUT2D eigenvalue weighted by Crippen LogP contribution is -2.35. The van der Waals surface area contributed by atoms with E-state index < -0.39 is 0 Å². The second kappa shape index (κ2) is 4.04. The minimum Gasteiger partial charge on any atom is -0.298 e. The molecule has 2 nitrogen and oxygen atoms in total. The van der Waals surface area contributed by atoms with Crippen LogP contribution >= 0.6 is 0 Å². The van der Waals surface area contributed by atoms with Crippen LogP contribution in [0.3, 0.4) is 0 Å². The molecule has 0 N–H and O–H groups in total. The summed E-state index contributed by atoms with van der Waals surface area (Å²) in [7, 11) is 0. The van der Waals surface area contributed by atoms with E-state index in [1.807, 2.05) is 0 Å². The molecule has 0 bridgehead atoms. The first-order valence-corrected chi connectivity index (χ1v) is 4.91. The van der Waals surface area contributed by atoms with Gasteiger partial charge in [-0.05, 0) is 12.8 Å². The third-order valence-corrected chi connectivity index (χ3v) is 3.10. The van der Waals surface area contributed by atoms with Crippen LogP contribution in [0.5, 0.6) is 0 Å². The number of hydrogen-bond acceptors (Lipinski definition) is 2. The number of rotatable bonds is 3. The maximum absolute atomic E-state index is 11.0. The zero-order chi connectivity index (χ0) is 9.14. The summed E-state index contributed by atoms with van der Waals surface area (Å²) >= 11 is 0. The largest absolute Gasteiger partial charge is 0.298 e. The molecule has 1 saturated heterocycles. The van der Waals surface area contributed by atoms with Gasteiger partial charge in [0.2, 0.25) is 0 Å². The zero-order valence-electron chi connectivity index (χ0n) is 8.34. The van der Waals surface area contributed by atoms with Crippen LogP contribution in [0, 0.1) is 5.92 Å². The maximum atomic E-state index is 11.0. The molecule has 12 heavy (non-hydrogen) atoms. The van der Waals surface area contributed by atoms with Crippen molar-refractivity contribution in [2.24, 2.45) is 5.92 Å². The molecule has 2 heteroatoms.